The van der Waals surface area contributed by atoms with Crippen molar-refractivity contribution in [3.05, 3.63) is 148 Å². The predicted octanol–water partition coefficient (Wildman–Crippen LogP) is 8.94. The lowest BCUT2D eigenvalue weighted by atomic mass is 9.88. The molecule has 3 amide bonds. The Hall–Kier alpha value is -5.65. The molecule has 11 heteroatoms. The molecule has 1 aliphatic carbocycles. The van der Waals surface area contributed by atoms with E-state index in [0.717, 1.165) is 40.2 Å². The fraction of sp³-hybridized carbons (Fsp3) is 0.209. The molecule has 54 heavy (non-hydrogen) atoms. The van der Waals surface area contributed by atoms with Crippen molar-refractivity contribution in [1.82, 2.24) is 5.32 Å². The minimum atomic E-state index is -0.694. The summed E-state index contributed by atoms with van der Waals surface area (Å²) in [6.45, 7) is 4.21. The highest BCUT2D eigenvalue weighted by Crippen LogP contribution is 2.42. The fourth-order valence-corrected chi connectivity index (χ4v) is 8.61. The van der Waals surface area contributed by atoms with Crippen LogP contribution in [0.25, 0.3) is 6.08 Å². The molecule has 0 saturated carbocycles. The van der Waals surface area contributed by atoms with E-state index in [-0.39, 0.29) is 18.2 Å². The van der Waals surface area contributed by atoms with E-state index in [2.05, 4.69) is 22.9 Å². The lowest BCUT2D eigenvalue weighted by Crippen LogP contribution is -2.30. The Balaban J connectivity index is 1.25. The van der Waals surface area contributed by atoms with Crippen LogP contribution in [-0.2, 0) is 27.2 Å². The number of benzene rings is 4. The molecule has 1 aliphatic rings. The molecule has 6 rings (SSSR count). The first kappa shape index (κ1) is 38.1. The van der Waals surface area contributed by atoms with Crippen LogP contribution in [0.4, 0.5) is 10.7 Å². The summed E-state index contributed by atoms with van der Waals surface area (Å²) < 4.78 is 10.7. The van der Waals surface area contributed by atoms with Crippen LogP contribution < -0.4 is 20.7 Å². The lowest BCUT2D eigenvalue weighted by Gasteiger charge is -2.19. The first-order valence-corrected chi connectivity index (χ1v) is 19.4. The summed E-state index contributed by atoms with van der Waals surface area (Å²) in [5.41, 5.74) is 3.80. The van der Waals surface area contributed by atoms with Gasteiger partial charge in [0.2, 0.25) is 5.91 Å². The molecule has 3 N–H and O–H groups in total. The molecule has 0 bridgehead atoms. The molecule has 0 fully saturated rings. The van der Waals surface area contributed by atoms with Crippen molar-refractivity contribution in [2.45, 2.75) is 43.3 Å². The summed E-state index contributed by atoms with van der Waals surface area (Å²) in [6.07, 6.45) is 4.18. The highest BCUT2D eigenvalue weighted by molar-refractivity contribution is 8.00. The van der Waals surface area contributed by atoms with Crippen molar-refractivity contribution in [2.75, 3.05) is 24.4 Å². The summed E-state index contributed by atoms with van der Waals surface area (Å²) >= 11 is 2.77. The van der Waals surface area contributed by atoms with E-state index < -0.39 is 23.0 Å². The van der Waals surface area contributed by atoms with E-state index >= 15 is 0 Å². The van der Waals surface area contributed by atoms with Gasteiger partial charge in [-0.25, -0.2) is 4.79 Å². The average Bonchev–Trinajstić information content (AvgIpc) is 3.54. The Morgan fingerprint density at radius 2 is 1.63 bits per heavy atom. The molecule has 1 heterocycles. The molecule has 0 radical (unpaired) electrons. The largest absolute Gasteiger partial charge is 0.497 e. The molecule has 5 aromatic rings. The number of ether oxygens (including phenoxy) is 2. The van der Waals surface area contributed by atoms with Crippen molar-refractivity contribution >= 4 is 63.6 Å². The van der Waals surface area contributed by atoms with Gasteiger partial charge in [-0.3, -0.25) is 14.4 Å². The number of esters is 1. The second-order valence-corrected chi connectivity index (χ2v) is 15.1. The van der Waals surface area contributed by atoms with Crippen molar-refractivity contribution in [3.8, 4) is 5.75 Å². The van der Waals surface area contributed by atoms with Gasteiger partial charge in [0.25, 0.3) is 11.8 Å². The van der Waals surface area contributed by atoms with Crippen molar-refractivity contribution < 1.29 is 28.7 Å². The standard InChI is InChI=1S/C43H41N3O6S2/c1-4-52-43(50)37-34-23-18-27(2)24-36(34)54-42(37)46-41(49)38(29-12-7-5-8-13-29)53-33-17-11-16-31(26-33)44-40(48)35(25-28-19-21-32(51-3)22-20-28)45-39(47)30-14-9-6-10-15-30/h5-17,19-22,25-27,38H,4,18,23-24H2,1-3H3,(H,44,48)(H,45,47)(H,46,49)/b35-25+. The Morgan fingerprint density at radius 1 is 0.907 bits per heavy atom. The molecule has 0 saturated heterocycles. The lowest BCUT2D eigenvalue weighted by molar-refractivity contribution is -0.116. The normalized spacial score (nSPS) is 14.3. The maximum Gasteiger partial charge on any atom is 0.341 e. The summed E-state index contributed by atoms with van der Waals surface area (Å²) in [4.78, 5) is 56.2. The molecule has 0 spiro atoms. The van der Waals surface area contributed by atoms with Gasteiger partial charge in [0.1, 0.15) is 21.7 Å². The maximum atomic E-state index is 14.2. The molecule has 2 unspecified atom stereocenters. The molecule has 1 aromatic heterocycles. The number of hydrogen-bond acceptors (Lipinski definition) is 8. The number of methoxy groups -OCH3 is 1. The zero-order valence-electron chi connectivity index (χ0n) is 30.2. The molecular formula is C43H41N3O6S2. The molecule has 4 aromatic carbocycles. The monoisotopic (exact) mass is 759 g/mol. The number of hydrogen-bond donors (Lipinski definition) is 3. The minimum absolute atomic E-state index is 0.0408. The van der Waals surface area contributed by atoms with Gasteiger partial charge in [-0.05, 0) is 97.3 Å². The number of fused-ring (bicyclic) bond motifs is 1. The van der Waals surface area contributed by atoms with Gasteiger partial charge in [-0.1, -0.05) is 73.7 Å². The Labute approximate surface area is 323 Å². The quantitative estimate of drug-likeness (QED) is 0.0623. The zero-order chi connectivity index (χ0) is 38.0. The minimum Gasteiger partial charge on any atom is -0.497 e. The van der Waals surface area contributed by atoms with Crippen molar-refractivity contribution in [3.63, 3.8) is 0 Å². The van der Waals surface area contributed by atoms with Crippen LogP contribution in [0.3, 0.4) is 0 Å². The van der Waals surface area contributed by atoms with Gasteiger partial charge in [0.05, 0.1) is 19.3 Å². The van der Waals surface area contributed by atoms with E-state index in [9.17, 15) is 19.2 Å². The second kappa shape index (κ2) is 17.9. The van der Waals surface area contributed by atoms with Crippen LogP contribution in [0, 0.1) is 5.92 Å². The van der Waals surface area contributed by atoms with Crippen LogP contribution in [0.5, 0.6) is 5.75 Å². The fourth-order valence-electron chi connectivity index (χ4n) is 6.13. The van der Waals surface area contributed by atoms with Crippen LogP contribution >= 0.6 is 23.1 Å². The van der Waals surface area contributed by atoms with E-state index in [1.165, 1.54) is 23.1 Å². The van der Waals surface area contributed by atoms with Gasteiger partial charge < -0.3 is 25.4 Å². The van der Waals surface area contributed by atoms with Gasteiger partial charge in [0, 0.05) is 21.0 Å². The number of anilines is 2. The van der Waals surface area contributed by atoms with E-state index in [1.54, 1.807) is 86.8 Å². The first-order valence-electron chi connectivity index (χ1n) is 17.7. The first-order chi connectivity index (χ1) is 26.2. The second-order valence-electron chi connectivity index (χ2n) is 12.8. The smallest absolute Gasteiger partial charge is 0.341 e. The number of thiophene rings is 1. The van der Waals surface area contributed by atoms with Crippen LogP contribution in [0.1, 0.15) is 67.8 Å². The Kier molecular flexibility index (Phi) is 12.6. The SMILES string of the molecule is CCOC(=O)c1c(NC(=O)C(Sc2cccc(NC(=O)/C(=C\c3ccc(OC)cc3)NC(=O)c3ccccc3)c2)c2ccccc2)sc2c1CCC(C)C2. The van der Waals surface area contributed by atoms with Crippen LogP contribution in [0.2, 0.25) is 0 Å². The third-order valence-electron chi connectivity index (χ3n) is 8.87. The molecule has 276 valence electrons. The number of nitrogens with one attached hydrogen (secondary N) is 3. The molecule has 9 nitrogen and oxygen atoms in total. The number of carbonyl (C=O) groups is 4. The summed E-state index contributed by atoms with van der Waals surface area (Å²) in [6, 6.07) is 32.4. The summed E-state index contributed by atoms with van der Waals surface area (Å²) in [7, 11) is 1.57. The topological polar surface area (TPSA) is 123 Å². The molecule has 0 aliphatic heterocycles. The maximum absolute atomic E-state index is 14.2. The number of rotatable bonds is 13. The van der Waals surface area contributed by atoms with Crippen molar-refractivity contribution in [2.24, 2.45) is 5.92 Å². The number of thioether (sulfide) groups is 1. The van der Waals surface area contributed by atoms with E-state index in [1.807, 2.05) is 42.5 Å². The van der Waals surface area contributed by atoms with E-state index in [0.29, 0.717) is 39.0 Å². The highest BCUT2D eigenvalue weighted by atomic mass is 32.2. The summed E-state index contributed by atoms with van der Waals surface area (Å²) in [5.74, 6) is -0.522. The molecular weight excluding hydrogens is 719 g/mol. The average molecular weight is 760 g/mol. The summed E-state index contributed by atoms with van der Waals surface area (Å²) in [5, 5.41) is 8.60. The predicted molar refractivity (Wildman–Crippen MR) is 215 cm³/mol. The zero-order valence-corrected chi connectivity index (χ0v) is 31.9. The highest BCUT2D eigenvalue weighted by Gasteiger charge is 2.31. The van der Waals surface area contributed by atoms with Gasteiger partial charge >= 0.3 is 5.97 Å². The number of amides is 3. The number of carbonyl (C=O) groups excluding carboxylic acids is 4. The third kappa shape index (κ3) is 9.47. The Morgan fingerprint density at radius 3 is 2.33 bits per heavy atom. The van der Waals surface area contributed by atoms with Crippen LogP contribution in [0.15, 0.2) is 120 Å². The van der Waals surface area contributed by atoms with Gasteiger partial charge in [-0.15, -0.1) is 23.1 Å². The van der Waals surface area contributed by atoms with Crippen LogP contribution in [-0.4, -0.2) is 37.4 Å². The van der Waals surface area contributed by atoms with Gasteiger partial charge in [-0.2, -0.15) is 0 Å². The molecule has 2 atom stereocenters. The van der Waals surface area contributed by atoms with Crippen molar-refractivity contribution in [1.29, 1.82) is 0 Å². The Bertz CT molecular complexity index is 2150. The van der Waals surface area contributed by atoms with Gasteiger partial charge in [0.15, 0.2) is 0 Å². The van der Waals surface area contributed by atoms with E-state index in [4.69, 9.17) is 9.47 Å². The third-order valence-corrected chi connectivity index (χ3v) is 11.3.